The third kappa shape index (κ3) is 7.26. The van der Waals surface area contributed by atoms with Crippen molar-refractivity contribution in [3.8, 4) is 0 Å². The molecule has 0 aromatic carbocycles. The highest BCUT2D eigenvalue weighted by Crippen LogP contribution is 2.43. The minimum atomic E-state index is -3.61. The summed E-state index contributed by atoms with van der Waals surface area (Å²) < 4.78 is 48.3. The molecule has 1 fully saturated rings. The molecule has 1 aromatic rings. The zero-order chi connectivity index (χ0) is 28.3. The summed E-state index contributed by atoms with van der Waals surface area (Å²) in [6.07, 6.45) is 2.21. The van der Waals surface area contributed by atoms with E-state index >= 15 is 0 Å². The van der Waals surface area contributed by atoms with Crippen LogP contribution in [-0.2, 0) is 34.2 Å². The van der Waals surface area contributed by atoms with E-state index in [1.807, 2.05) is 0 Å². The molecule has 0 saturated carbocycles. The number of thioether (sulfide) groups is 2. The lowest BCUT2D eigenvalue weighted by atomic mass is 10.0. The van der Waals surface area contributed by atoms with Crippen molar-refractivity contribution in [2.75, 3.05) is 35.8 Å². The Morgan fingerprint density at radius 2 is 2.08 bits per heavy atom. The Kier molecular flexibility index (Phi) is 9.47. The molecule has 1 saturated heterocycles. The Morgan fingerprint density at radius 1 is 1.37 bits per heavy atom. The molecule has 0 spiro atoms. The van der Waals surface area contributed by atoms with Gasteiger partial charge >= 0.3 is 5.97 Å². The number of hydrogen-bond donors (Lipinski definition) is 5. The molecule has 20 heteroatoms. The van der Waals surface area contributed by atoms with Gasteiger partial charge in [-0.3, -0.25) is 14.5 Å². The predicted molar refractivity (Wildman–Crippen MR) is 143 cm³/mol. The van der Waals surface area contributed by atoms with E-state index in [1.165, 1.54) is 28.6 Å². The summed E-state index contributed by atoms with van der Waals surface area (Å²) in [5.41, 5.74) is 4.80. The van der Waals surface area contributed by atoms with Gasteiger partial charge in [0.25, 0.3) is 11.8 Å². The molecular formula is C18H22N6O9S5. The number of amides is 2. The maximum Gasteiger partial charge on any atom is 0.353 e. The number of carbonyl (C=O) groups excluding carboxylic acids is 2. The fourth-order valence-electron chi connectivity index (χ4n) is 3.28. The van der Waals surface area contributed by atoms with Gasteiger partial charge < -0.3 is 21.4 Å². The molecule has 208 valence electrons. The normalized spacial score (nSPS) is 20.4. The largest absolute Gasteiger partial charge is 0.477 e. The van der Waals surface area contributed by atoms with Crippen LogP contribution in [-0.4, -0.2) is 102 Å². The van der Waals surface area contributed by atoms with E-state index in [2.05, 4.69) is 20.2 Å². The molecule has 2 atom stereocenters. The Bertz CT molecular complexity index is 1430. The molecule has 1 aromatic heterocycles. The minimum Gasteiger partial charge on any atom is -0.477 e. The Morgan fingerprint density at radius 3 is 2.66 bits per heavy atom. The quantitative estimate of drug-likeness (QED) is 0.0795. The molecule has 0 radical (unpaired) electrons. The zero-order valence-electron chi connectivity index (χ0n) is 19.4. The van der Waals surface area contributed by atoms with E-state index in [9.17, 15) is 41.5 Å². The van der Waals surface area contributed by atoms with Gasteiger partial charge in [0.2, 0.25) is 10.0 Å². The predicted octanol–water partition coefficient (Wildman–Crippen LogP) is -1.19. The molecule has 15 nitrogen and oxygen atoms in total. The highest BCUT2D eigenvalue weighted by Gasteiger charge is 2.54. The number of carboxylic acid groups (broad SMARTS) is 1. The van der Waals surface area contributed by atoms with Crippen LogP contribution in [0.3, 0.4) is 0 Å². The van der Waals surface area contributed by atoms with Crippen molar-refractivity contribution >= 4 is 83.3 Å². The van der Waals surface area contributed by atoms with Crippen molar-refractivity contribution in [3.05, 3.63) is 33.2 Å². The first kappa shape index (κ1) is 29.9. The van der Waals surface area contributed by atoms with Gasteiger partial charge in [-0.25, -0.2) is 31.3 Å². The summed E-state index contributed by atoms with van der Waals surface area (Å²) in [6, 6.07) is -1.08. The monoisotopic (exact) mass is 626 g/mol. The number of nitrogens with one attached hydrogen (secondary N) is 2. The Hall–Kier alpha value is -2.65. The second kappa shape index (κ2) is 12.0. The molecular weight excluding hydrogens is 605 g/mol. The number of β-lactam (4-membered cyclic amide) rings is 1. The smallest absolute Gasteiger partial charge is 0.353 e. The third-order valence-corrected chi connectivity index (χ3v) is 10.3. The average molecular weight is 627 g/mol. The van der Waals surface area contributed by atoms with E-state index in [4.69, 9.17) is 5.73 Å². The number of sulfonamides is 1. The summed E-state index contributed by atoms with van der Waals surface area (Å²) >= 11 is 3.14. The zero-order valence-corrected chi connectivity index (χ0v) is 23.5. The number of carbonyl (C=O) groups is 3. The van der Waals surface area contributed by atoms with Crippen LogP contribution in [0.25, 0.3) is 0 Å². The Balaban J connectivity index is 1.64. The number of aliphatic carboxylic acids is 1. The summed E-state index contributed by atoms with van der Waals surface area (Å²) in [5.74, 6) is -3.61. The van der Waals surface area contributed by atoms with Crippen LogP contribution in [0.5, 0.6) is 0 Å². The van der Waals surface area contributed by atoms with Gasteiger partial charge in [-0.2, -0.15) is 0 Å². The molecule has 0 bridgehead atoms. The molecule has 1 unspecified atom stereocenters. The van der Waals surface area contributed by atoms with Crippen LogP contribution >= 0.6 is 34.9 Å². The molecule has 2 aliphatic heterocycles. The van der Waals surface area contributed by atoms with Gasteiger partial charge in [-0.15, -0.1) is 23.1 Å². The van der Waals surface area contributed by atoms with Crippen LogP contribution in [0, 0.1) is 0 Å². The van der Waals surface area contributed by atoms with Gasteiger partial charge in [0.05, 0.1) is 17.8 Å². The van der Waals surface area contributed by atoms with Crippen LogP contribution < -0.4 is 15.8 Å². The molecule has 3 heterocycles. The van der Waals surface area contributed by atoms with E-state index in [1.54, 1.807) is 0 Å². The van der Waals surface area contributed by atoms with Gasteiger partial charge in [0.15, 0.2) is 20.7 Å². The maximum atomic E-state index is 12.8. The number of aromatic nitrogens is 1. The number of oxime groups is 1. The second-order valence-corrected chi connectivity index (χ2v) is 14.8. The second-order valence-electron chi connectivity index (χ2n) is 7.73. The fraction of sp³-hybridized carbons (Fsp3) is 0.389. The minimum absolute atomic E-state index is 0.0118. The van der Waals surface area contributed by atoms with E-state index in [0.29, 0.717) is 4.91 Å². The topological polar surface area (TPSA) is 239 Å². The van der Waals surface area contributed by atoms with E-state index in [-0.39, 0.29) is 28.8 Å². The lowest BCUT2D eigenvalue weighted by molar-refractivity contribution is -0.150. The van der Waals surface area contributed by atoms with Crippen LogP contribution in [0.1, 0.15) is 5.69 Å². The molecule has 38 heavy (non-hydrogen) atoms. The van der Waals surface area contributed by atoms with Crippen molar-refractivity contribution < 1.29 is 41.5 Å². The number of anilines is 1. The summed E-state index contributed by atoms with van der Waals surface area (Å²) in [5, 5.41) is 26.5. The lowest BCUT2D eigenvalue weighted by Gasteiger charge is -2.49. The Labute approximate surface area is 229 Å². The highest BCUT2D eigenvalue weighted by atomic mass is 32.2. The lowest BCUT2D eigenvalue weighted by Crippen LogP contribution is -2.71. The average Bonchev–Trinajstić information content (AvgIpc) is 3.24. The van der Waals surface area contributed by atoms with Gasteiger partial charge in [0.1, 0.15) is 22.8 Å². The highest BCUT2D eigenvalue weighted by molar-refractivity contribution is 8.08. The number of nitrogens with two attached hydrogens (primary N) is 1. The van der Waals surface area contributed by atoms with Crippen molar-refractivity contribution in [1.82, 2.24) is 19.9 Å². The summed E-state index contributed by atoms with van der Waals surface area (Å²) in [6.45, 7) is -0.271. The number of sulfone groups is 1. The number of fused-ring (bicyclic) bond motifs is 1. The first-order chi connectivity index (χ1) is 17.7. The first-order valence-electron chi connectivity index (χ1n) is 10.4. The molecule has 3 rings (SSSR count). The molecule has 0 aliphatic carbocycles. The summed E-state index contributed by atoms with van der Waals surface area (Å²) in [4.78, 5) is 42.5. The fourth-order valence-corrected chi connectivity index (χ4v) is 7.85. The maximum absolute atomic E-state index is 12.8. The number of carboxylic acids is 1. The van der Waals surface area contributed by atoms with Gasteiger partial charge in [-0.05, 0) is 5.41 Å². The number of nitrogen functional groups attached to an aromatic ring is 1. The van der Waals surface area contributed by atoms with Crippen LogP contribution in [0.2, 0.25) is 0 Å². The SMILES string of the molecule is CS(=O)(=O)NCCS(=O)(=O)C/C=C\SC1=C(C(=O)O)N2C(=O)C(NC(=O)/C(=N\O)c3csc(N)n3)[C@H]2SC1. The van der Waals surface area contributed by atoms with E-state index in [0.717, 1.165) is 34.3 Å². The number of thiazole rings is 1. The number of rotatable bonds is 12. The van der Waals surface area contributed by atoms with Crippen LogP contribution in [0.4, 0.5) is 5.13 Å². The van der Waals surface area contributed by atoms with E-state index < -0.39 is 66.3 Å². The molecule has 2 amide bonds. The van der Waals surface area contributed by atoms with Gasteiger partial charge in [-0.1, -0.05) is 23.0 Å². The van der Waals surface area contributed by atoms with Crippen LogP contribution in [0.15, 0.2) is 32.6 Å². The van der Waals surface area contributed by atoms with Crippen molar-refractivity contribution in [2.24, 2.45) is 5.16 Å². The van der Waals surface area contributed by atoms with Crippen molar-refractivity contribution in [1.29, 1.82) is 0 Å². The third-order valence-electron chi connectivity index (χ3n) is 4.94. The first-order valence-corrected chi connectivity index (χ1v) is 16.9. The number of nitrogens with zero attached hydrogens (tertiary/aromatic N) is 3. The molecule has 2 aliphatic rings. The number of hydrogen-bond acceptors (Lipinski definition) is 14. The molecule has 6 N–H and O–H groups in total. The summed E-state index contributed by atoms with van der Waals surface area (Å²) in [7, 11) is -7.13. The van der Waals surface area contributed by atoms with Gasteiger partial charge in [0, 0.05) is 22.6 Å². The van der Waals surface area contributed by atoms with Crippen molar-refractivity contribution in [3.63, 3.8) is 0 Å². The van der Waals surface area contributed by atoms with Crippen molar-refractivity contribution in [2.45, 2.75) is 11.4 Å². The standard InChI is InChI=1S/C18H22N6O9S5/c1-37(30,31)20-3-6-38(32,33)5-2-4-34-10-8-35-16-12(15(26)24(16)13(10)17(27)28)22-14(25)11(23-29)9-7-36-18(19)21-9/h2,4,7,12,16,20,29H,3,5-6,8H2,1H3,(H2,19,21)(H,22,25)(H,27,28)/b4-2-,23-11-/t12?,16-/m1/s1.